The fourth-order valence-corrected chi connectivity index (χ4v) is 1.75. The van der Waals surface area contributed by atoms with Crippen LogP contribution in [0.3, 0.4) is 0 Å². The van der Waals surface area contributed by atoms with Gasteiger partial charge < -0.3 is 0 Å². The first-order chi connectivity index (χ1) is 7.13. The molecule has 1 nitrogen and oxygen atoms in total. The molecule has 0 aliphatic heterocycles. The summed E-state index contributed by atoms with van der Waals surface area (Å²) >= 11 is 4.05. The molecule has 0 atom stereocenters. The molecule has 15 heavy (non-hydrogen) atoms. The maximum absolute atomic E-state index is 11.5. The fourth-order valence-electron chi connectivity index (χ4n) is 1.54. The van der Waals surface area contributed by atoms with Crippen LogP contribution in [0.1, 0.15) is 36.2 Å². The molecule has 0 saturated carbocycles. The van der Waals surface area contributed by atoms with Crippen LogP contribution in [-0.4, -0.2) is 11.5 Å². The van der Waals surface area contributed by atoms with Crippen LogP contribution < -0.4 is 0 Å². The van der Waals surface area contributed by atoms with Gasteiger partial charge in [-0.3, -0.25) is 4.79 Å². The highest BCUT2D eigenvalue weighted by atomic mass is 32.1. The van der Waals surface area contributed by atoms with E-state index in [0.29, 0.717) is 18.1 Å². The molecule has 0 bridgehead atoms. The van der Waals surface area contributed by atoms with E-state index in [1.807, 2.05) is 24.3 Å². The van der Waals surface area contributed by atoms with Gasteiger partial charge in [-0.15, -0.1) is 0 Å². The number of thiol groups is 1. The van der Waals surface area contributed by atoms with Gasteiger partial charge in [-0.1, -0.05) is 38.1 Å². The van der Waals surface area contributed by atoms with Crippen molar-refractivity contribution in [3.8, 4) is 0 Å². The Morgan fingerprint density at radius 1 is 1.27 bits per heavy atom. The zero-order valence-electron chi connectivity index (χ0n) is 9.36. The van der Waals surface area contributed by atoms with Gasteiger partial charge in [-0.2, -0.15) is 12.6 Å². The fraction of sp³-hybridized carbons (Fsp3) is 0.462. The highest BCUT2D eigenvalue weighted by Crippen LogP contribution is 2.11. The molecule has 2 heteroatoms. The van der Waals surface area contributed by atoms with Crippen molar-refractivity contribution in [2.45, 2.75) is 26.7 Å². The van der Waals surface area contributed by atoms with E-state index >= 15 is 0 Å². The largest absolute Gasteiger partial charge is 0.294 e. The van der Waals surface area contributed by atoms with Gasteiger partial charge in [-0.05, 0) is 23.7 Å². The van der Waals surface area contributed by atoms with Crippen LogP contribution in [0, 0.1) is 5.92 Å². The minimum atomic E-state index is 0.182. The Kier molecular flexibility index (Phi) is 4.89. The van der Waals surface area contributed by atoms with E-state index in [1.54, 1.807) is 0 Å². The second kappa shape index (κ2) is 5.96. The third-order valence-corrected chi connectivity index (χ3v) is 2.48. The van der Waals surface area contributed by atoms with Crippen LogP contribution in [0.5, 0.6) is 0 Å². The van der Waals surface area contributed by atoms with Gasteiger partial charge in [-0.25, -0.2) is 0 Å². The zero-order valence-corrected chi connectivity index (χ0v) is 10.3. The lowest BCUT2D eigenvalue weighted by atomic mass is 10.0. The summed E-state index contributed by atoms with van der Waals surface area (Å²) in [5, 5.41) is 0. The molecule has 0 saturated heterocycles. The van der Waals surface area contributed by atoms with Crippen LogP contribution in [0.4, 0.5) is 0 Å². The van der Waals surface area contributed by atoms with Crippen molar-refractivity contribution in [3.63, 3.8) is 0 Å². The van der Waals surface area contributed by atoms with Crippen molar-refractivity contribution in [2.24, 2.45) is 5.92 Å². The van der Waals surface area contributed by atoms with E-state index in [9.17, 15) is 4.79 Å². The number of benzene rings is 1. The minimum Gasteiger partial charge on any atom is -0.294 e. The number of ketones is 1. The maximum atomic E-state index is 11.5. The number of hydrogen-bond acceptors (Lipinski definition) is 2. The maximum Gasteiger partial charge on any atom is 0.163 e. The molecule has 0 aliphatic rings. The number of Topliss-reactive ketones (excluding diaryl/α,β-unsaturated/α-hetero) is 1. The van der Waals surface area contributed by atoms with Gasteiger partial charge >= 0.3 is 0 Å². The lowest BCUT2D eigenvalue weighted by Gasteiger charge is -2.05. The standard InChI is InChI=1S/C13H18OS/c1-10(2)9-11-3-5-12(6-4-11)13(14)7-8-15/h3-6,10,15H,7-9H2,1-2H3. The summed E-state index contributed by atoms with van der Waals surface area (Å²) in [5.41, 5.74) is 2.10. The molecule has 1 rings (SSSR count). The average molecular weight is 222 g/mol. The molecule has 0 fully saturated rings. The third-order valence-electron chi connectivity index (χ3n) is 2.26. The Labute approximate surface area is 97.3 Å². The SMILES string of the molecule is CC(C)Cc1ccc(C(=O)CCS)cc1. The van der Waals surface area contributed by atoms with E-state index < -0.39 is 0 Å². The number of carbonyl (C=O) groups excluding carboxylic acids is 1. The molecule has 0 aromatic heterocycles. The van der Waals surface area contributed by atoms with E-state index in [2.05, 4.69) is 26.5 Å². The molecule has 0 heterocycles. The summed E-state index contributed by atoms with van der Waals surface area (Å²) < 4.78 is 0. The molecular formula is C13H18OS. The van der Waals surface area contributed by atoms with Gasteiger partial charge in [0.1, 0.15) is 0 Å². The van der Waals surface area contributed by atoms with E-state index in [4.69, 9.17) is 0 Å². The first-order valence-electron chi connectivity index (χ1n) is 5.36. The van der Waals surface area contributed by atoms with Gasteiger partial charge in [0.05, 0.1) is 0 Å². The van der Waals surface area contributed by atoms with E-state index in [-0.39, 0.29) is 5.78 Å². The van der Waals surface area contributed by atoms with Gasteiger partial charge in [0.2, 0.25) is 0 Å². The van der Waals surface area contributed by atoms with Gasteiger partial charge in [0.15, 0.2) is 5.78 Å². The van der Waals surface area contributed by atoms with Gasteiger partial charge in [0, 0.05) is 12.0 Å². The highest BCUT2D eigenvalue weighted by Gasteiger charge is 2.04. The quantitative estimate of drug-likeness (QED) is 0.597. The summed E-state index contributed by atoms with van der Waals surface area (Å²) in [6, 6.07) is 7.93. The van der Waals surface area contributed by atoms with Crippen molar-refractivity contribution >= 4 is 18.4 Å². The highest BCUT2D eigenvalue weighted by molar-refractivity contribution is 7.80. The van der Waals surface area contributed by atoms with Crippen LogP contribution in [0.15, 0.2) is 24.3 Å². The van der Waals surface area contributed by atoms with Gasteiger partial charge in [0.25, 0.3) is 0 Å². The predicted octanol–water partition coefficient (Wildman–Crippen LogP) is 3.39. The van der Waals surface area contributed by atoms with Crippen LogP contribution in [0.2, 0.25) is 0 Å². The molecule has 0 N–H and O–H groups in total. The topological polar surface area (TPSA) is 17.1 Å². The Morgan fingerprint density at radius 2 is 1.87 bits per heavy atom. The van der Waals surface area contributed by atoms with Crippen molar-refractivity contribution in [3.05, 3.63) is 35.4 Å². The summed E-state index contributed by atoms with van der Waals surface area (Å²) in [6.07, 6.45) is 1.59. The van der Waals surface area contributed by atoms with E-state index in [0.717, 1.165) is 12.0 Å². The monoisotopic (exact) mass is 222 g/mol. The molecule has 0 spiro atoms. The first-order valence-corrected chi connectivity index (χ1v) is 5.99. The minimum absolute atomic E-state index is 0.182. The lowest BCUT2D eigenvalue weighted by molar-refractivity contribution is 0.0989. The van der Waals surface area contributed by atoms with Crippen LogP contribution in [-0.2, 0) is 6.42 Å². The molecule has 0 aliphatic carbocycles. The van der Waals surface area contributed by atoms with Crippen molar-refractivity contribution in [1.29, 1.82) is 0 Å². The summed E-state index contributed by atoms with van der Waals surface area (Å²) in [5.74, 6) is 1.46. The lowest BCUT2D eigenvalue weighted by Crippen LogP contribution is -2.00. The summed E-state index contributed by atoms with van der Waals surface area (Å²) in [4.78, 5) is 11.5. The Hall–Kier alpha value is -0.760. The zero-order chi connectivity index (χ0) is 11.3. The van der Waals surface area contributed by atoms with Crippen molar-refractivity contribution in [1.82, 2.24) is 0 Å². The van der Waals surface area contributed by atoms with Crippen LogP contribution >= 0.6 is 12.6 Å². The summed E-state index contributed by atoms with van der Waals surface area (Å²) in [6.45, 7) is 4.39. The predicted molar refractivity (Wildman–Crippen MR) is 67.8 cm³/mol. The number of carbonyl (C=O) groups is 1. The molecule has 0 radical (unpaired) electrons. The van der Waals surface area contributed by atoms with Crippen molar-refractivity contribution < 1.29 is 4.79 Å². The van der Waals surface area contributed by atoms with Crippen LogP contribution in [0.25, 0.3) is 0 Å². The molecule has 82 valence electrons. The number of rotatable bonds is 5. The molecule has 0 amide bonds. The molecule has 0 unspecified atom stereocenters. The molecular weight excluding hydrogens is 204 g/mol. The Bertz CT molecular complexity index is 314. The smallest absolute Gasteiger partial charge is 0.163 e. The third kappa shape index (κ3) is 4.08. The van der Waals surface area contributed by atoms with Crippen molar-refractivity contribution in [2.75, 3.05) is 5.75 Å². The normalized spacial score (nSPS) is 10.7. The number of hydrogen-bond donors (Lipinski definition) is 1. The first kappa shape index (κ1) is 12.3. The molecule has 1 aromatic carbocycles. The molecule has 1 aromatic rings. The van der Waals surface area contributed by atoms with E-state index in [1.165, 1.54) is 5.56 Å². The average Bonchev–Trinajstić information content (AvgIpc) is 2.18. The second-order valence-corrected chi connectivity index (χ2v) is 4.64. The Morgan fingerprint density at radius 3 is 2.33 bits per heavy atom. The Balaban J connectivity index is 2.67. The summed E-state index contributed by atoms with van der Waals surface area (Å²) in [7, 11) is 0. The second-order valence-electron chi connectivity index (χ2n) is 4.19.